The Morgan fingerprint density at radius 2 is 1.55 bits per heavy atom. The highest BCUT2D eigenvalue weighted by molar-refractivity contribution is 9.10. The van der Waals surface area contributed by atoms with Crippen molar-refractivity contribution in [1.29, 1.82) is 0 Å². The van der Waals surface area contributed by atoms with Gasteiger partial charge in [-0.3, -0.25) is 0 Å². The number of benzene rings is 2. The van der Waals surface area contributed by atoms with Gasteiger partial charge in [0.1, 0.15) is 5.82 Å². The quantitative estimate of drug-likeness (QED) is 0.788. The Kier molecular flexibility index (Phi) is 4.48. The van der Waals surface area contributed by atoms with Gasteiger partial charge in [0.25, 0.3) is 0 Å². The third-order valence-corrected chi connectivity index (χ3v) is 4.30. The van der Waals surface area contributed by atoms with Crippen molar-refractivity contribution in [1.82, 2.24) is 0 Å². The fourth-order valence-corrected chi connectivity index (χ4v) is 2.58. The van der Waals surface area contributed by atoms with Gasteiger partial charge in [0.05, 0.1) is 4.47 Å². The third-order valence-electron chi connectivity index (χ3n) is 3.69. The Balaban J connectivity index is 2.21. The van der Waals surface area contributed by atoms with E-state index in [1.165, 1.54) is 22.3 Å². The summed E-state index contributed by atoms with van der Waals surface area (Å²) in [6.07, 6.45) is 0. The van der Waals surface area contributed by atoms with Gasteiger partial charge < -0.3 is 5.32 Å². The molecule has 0 aliphatic rings. The fourth-order valence-electron chi connectivity index (χ4n) is 2.24. The van der Waals surface area contributed by atoms with Crippen molar-refractivity contribution in [3.63, 3.8) is 0 Å². The second-order valence-electron chi connectivity index (χ2n) is 5.30. The highest BCUT2D eigenvalue weighted by Crippen LogP contribution is 2.25. The number of hydrogen-bond acceptors (Lipinski definition) is 1. The Morgan fingerprint density at radius 3 is 2.25 bits per heavy atom. The minimum absolute atomic E-state index is 0.226. The number of halogens is 2. The molecular formula is C17H19BrFN. The smallest absolute Gasteiger partial charge is 0.137 e. The molecule has 2 rings (SSSR count). The normalized spacial score (nSPS) is 10.7. The monoisotopic (exact) mass is 335 g/mol. The first-order chi connectivity index (χ1) is 9.38. The lowest BCUT2D eigenvalue weighted by molar-refractivity contribution is 0.620. The lowest BCUT2D eigenvalue weighted by Crippen LogP contribution is -2.04. The summed E-state index contributed by atoms with van der Waals surface area (Å²) in [6.45, 7) is 9.02. The van der Waals surface area contributed by atoms with Crippen LogP contribution in [0.4, 0.5) is 10.1 Å². The Hall–Kier alpha value is -1.35. The third kappa shape index (κ3) is 3.21. The van der Waals surface area contributed by atoms with E-state index in [4.69, 9.17) is 0 Å². The van der Waals surface area contributed by atoms with Crippen LogP contribution in [0, 0.1) is 33.5 Å². The molecule has 0 heterocycles. The largest absolute Gasteiger partial charge is 0.381 e. The average molecular weight is 336 g/mol. The number of nitrogens with one attached hydrogen (secondary N) is 1. The molecule has 106 valence electrons. The van der Waals surface area contributed by atoms with Gasteiger partial charge >= 0.3 is 0 Å². The van der Waals surface area contributed by atoms with Crippen LogP contribution in [0.15, 0.2) is 28.7 Å². The molecule has 0 bridgehead atoms. The molecule has 0 saturated heterocycles. The van der Waals surface area contributed by atoms with E-state index in [0.717, 1.165) is 17.8 Å². The summed E-state index contributed by atoms with van der Waals surface area (Å²) in [5.74, 6) is -0.226. The highest BCUT2D eigenvalue weighted by Gasteiger charge is 2.06. The molecule has 1 N–H and O–H groups in total. The molecule has 0 unspecified atom stereocenters. The molecular weight excluding hydrogens is 317 g/mol. The molecule has 0 aliphatic carbocycles. The van der Waals surface area contributed by atoms with Gasteiger partial charge in [-0.05, 0) is 83.6 Å². The molecule has 0 spiro atoms. The first kappa shape index (κ1) is 15.0. The molecule has 0 radical (unpaired) electrons. The van der Waals surface area contributed by atoms with Crippen molar-refractivity contribution in [2.24, 2.45) is 0 Å². The van der Waals surface area contributed by atoms with Crippen LogP contribution in [0.2, 0.25) is 0 Å². The van der Waals surface area contributed by atoms with Gasteiger partial charge in [-0.15, -0.1) is 0 Å². The fraction of sp³-hybridized carbons (Fsp3) is 0.294. The van der Waals surface area contributed by atoms with E-state index in [2.05, 4.69) is 54.2 Å². The molecule has 20 heavy (non-hydrogen) atoms. The highest BCUT2D eigenvalue weighted by atomic mass is 79.9. The lowest BCUT2D eigenvalue weighted by atomic mass is 10.0. The van der Waals surface area contributed by atoms with Gasteiger partial charge in [-0.2, -0.15) is 0 Å². The van der Waals surface area contributed by atoms with Crippen molar-refractivity contribution in [3.05, 3.63) is 62.4 Å². The van der Waals surface area contributed by atoms with E-state index in [0.29, 0.717) is 4.47 Å². The zero-order chi connectivity index (χ0) is 14.9. The van der Waals surface area contributed by atoms with E-state index in [1.807, 2.05) is 6.92 Å². The molecule has 0 aromatic heterocycles. The van der Waals surface area contributed by atoms with Gasteiger partial charge in [-0.25, -0.2) is 4.39 Å². The number of aryl methyl sites for hydroxylation is 4. The molecule has 0 saturated carbocycles. The summed E-state index contributed by atoms with van der Waals surface area (Å²) in [4.78, 5) is 0. The maximum absolute atomic E-state index is 13.4. The second-order valence-corrected chi connectivity index (χ2v) is 6.15. The van der Waals surface area contributed by atoms with Crippen LogP contribution in [-0.2, 0) is 6.54 Å². The molecule has 0 amide bonds. The van der Waals surface area contributed by atoms with Crippen LogP contribution in [0.5, 0.6) is 0 Å². The minimum Gasteiger partial charge on any atom is -0.381 e. The summed E-state index contributed by atoms with van der Waals surface area (Å²) in [5, 5.41) is 3.39. The second kappa shape index (κ2) is 5.96. The van der Waals surface area contributed by atoms with Gasteiger partial charge in [0.15, 0.2) is 0 Å². The lowest BCUT2D eigenvalue weighted by Gasteiger charge is -2.14. The average Bonchev–Trinajstić information content (AvgIpc) is 2.37. The SMILES string of the molecule is Cc1cc(C)c(CNc2cc(Br)c(F)cc2C)cc1C. The molecule has 0 aliphatic heterocycles. The van der Waals surface area contributed by atoms with Crippen molar-refractivity contribution in [2.75, 3.05) is 5.32 Å². The van der Waals surface area contributed by atoms with Crippen molar-refractivity contribution in [3.8, 4) is 0 Å². The van der Waals surface area contributed by atoms with Crippen molar-refractivity contribution >= 4 is 21.6 Å². The summed E-state index contributed by atoms with van der Waals surface area (Å²) >= 11 is 3.23. The zero-order valence-corrected chi connectivity index (χ0v) is 13.9. The summed E-state index contributed by atoms with van der Waals surface area (Å²) in [6, 6.07) is 7.76. The Bertz CT molecular complexity index is 592. The van der Waals surface area contributed by atoms with Crippen LogP contribution >= 0.6 is 15.9 Å². The van der Waals surface area contributed by atoms with Gasteiger partial charge in [-0.1, -0.05) is 12.1 Å². The van der Waals surface area contributed by atoms with Gasteiger partial charge in [0, 0.05) is 12.2 Å². The summed E-state index contributed by atoms with van der Waals surface area (Å²) < 4.78 is 13.9. The number of rotatable bonds is 3. The topological polar surface area (TPSA) is 12.0 Å². The minimum atomic E-state index is -0.226. The molecule has 2 aromatic carbocycles. The van der Waals surface area contributed by atoms with Crippen molar-refractivity contribution < 1.29 is 4.39 Å². The van der Waals surface area contributed by atoms with Crippen LogP contribution in [-0.4, -0.2) is 0 Å². The standard InChI is InChI=1S/C17H19BrFN/c1-10-5-12(3)14(6-11(10)2)9-20-17-8-15(18)16(19)7-13(17)4/h5-8,20H,9H2,1-4H3. The van der Waals surface area contributed by atoms with E-state index in [1.54, 1.807) is 12.1 Å². The van der Waals surface area contributed by atoms with Crippen LogP contribution in [0.25, 0.3) is 0 Å². The molecule has 1 nitrogen and oxygen atoms in total. The Labute approximate surface area is 128 Å². The molecule has 0 fully saturated rings. The predicted molar refractivity (Wildman–Crippen MR) is 86.8 cm³/mol. The predicted octanol–water partition coefficient (Wildman–Crippen LogP) is 5.43. The van der Waals surface area contributed by atoms with Gasteiger partial charge in [0.2, 0.25) is 0 Å². The van der Waals surface area contributed by atoms with E-state index in [-0.39, 0.29) is 5.82 Å². The van der Waals surface area contributed by atoms with Crippen LogP contribution in [0.1, 0.15) is 27.8 Å². The molecule has 0 atom stereocenters. The number of hydrogen-bond donors (Lipinski definition) is 1. The van der Waals surface area contributed by atoms with E-state index in [9.17, 15) is 4.39 Å². The number of anilines is 1. The maximum atomic E-state index is 13.4. The van der Waals surface area contributed by atoms with E-state index < -0.39 is 0 Å². The molecule has 3 heteroatoms. The van der Waals surface area contributed by atoms with E-state index >= 15 is 0 Å². The summed E-state index contributed by atoms with van der Waals surface area (Å²) in [7, 11) is 0. The van der Waals surface area contributed by atoms with Crippen LogP contribution in [0.3, 0.4) is 0 Å². The van der Waals surface area contributed by atoms with Crippen molar-refractivity contribution in [2.45, 2.75) is 34.2 Å². The Morgan fingerprint density at radius 1 is 0.900 bits per heavy atom. The molecule has 2 aromatic rings. The maximum Gasteiger partial charge on any atom is 0.137 e. The first-order valence-corrected chi connectivity index (χ1v) is 7.44. The first-order valence-electron chi connectivity index (χ1n) is 6.64. The van der Waals surface area contributed by atoms with Crippen LogP contribution < -0.4 is 5.32 Å². The zero-order valence-electron chi connectivity index (χ0n) is 12.3. The summed E-state index contributed by atoms with van der Waals surface area (Å²) in [5.41, 5.74) is 7.02.